The summed E-state index contributed by atoms with van der Waals surface area (Å²) in [7, 11) is 1.80. The third kappa shape index (κ3) is 4.92. The topological polar surface area (TPSA) is 118 Å². The number of carbonyl (C=O) groups is 2. The SMILES string of the molecule is Cn1c(C(=O)NCc2ccccn2)ccc1-c1cnc2[nH]cc(C(=O)NCC(C)(C)C)c2n1. The van der Waals surface area contributed by atoms with Crippen LogP contribution in [0.5, 0.6) is 0 Å². The lowest BCUT2D eigenvalue weighted by Gasteiger charge is -2.18. The van der Waals surface area contributed by atoms with Crippen molar-refractivity contribution < 1.29 is 9.59 Å². The molecule has 0 aliphatic heterocycles. The molecule has 33 heavy (non-hydrogen) atoms. The minimum atomic E-state index is -0.215. The molecular formula is C24H27N7O2. The Hall–Kier alpha value is -4.01. The van der Waals surface area contributed by atoms with Crippen molar-refractivity contribution in [3.63, 3.8) is 0 Å². The van der Waals surface area contributed by atoms with Crippen LogP contribution in [0.2, 0.25) is 0 Å². The zero-order chi connectivity index (χ0) is 23.6. The van der Waals surface area contributed by atoms with E-state index >= 15 is 0 Å². The number of nitrogens with one attached hydrogen (secondary N) is 3. The van der Waals surface area contributed by atoms with Crippen LogP contribution in [0, 0.1) is 5.41 Å². The summed E-state index contributed by atoms with van der Waals surface area (Å²) in [6.45, 7) is 7.04. The summed E-state index contributed by atoms with van der Waals surface area (Å²) < 4.78 is 1.76. The summed E-state index contributed by atoms with van der Waals surface area (Å²) in [5.74, 6) is -0.420. The van der Waals surface area contributed by atoms with Gasteiger partial charge in [-0.25, -0.2) is 9.97 Å². The Morgan fingerprint density at radius 2 is 1.88 bits per heavy atom. The predicted octanol–water partition coefficient (Wildman–Crippen LogP) is 3.06. The van der Waals surface area contributed by atoms with Crippen molar-refractivity contribution in [3.05, 3.63) is 65.9 Å². The molecular weight excluding hydrogens is 418 g/mol. The van der Waals surface area contributed by atoms with Crippen LogP contribution < -0.4 is 10.6 Å². The van der Waals surface area contributed by atoms with Gasteiger partial charge in [-0.3, -0.25) is 14.6 Å². The fourth-order valence-electron chi connectivity index (χ4n) is 3.39. The molecule has 0 atom stereocenters. The molecule has 4 aromatic heterocycles. The summed E-state index contributed by atoms with van der Waals surface area (Å²) in [5.41, 5.74) is 3.97. The second-order valence-corrected chi connectivity index (χ2v) is 9.06. The first kappa shape index (κ1) is 22.2. The summed E-state index contributed by atoms with van der Waals surface area (Å²) in [6, 6.07) is 9.12. The van der Waals surface area contributed by atoms with E-state index in [0.717, 1.165) is 11.4 Å². The van der Waals surface area contributed by atoms with E-state index in [0.29, 0.717) is 41.2 Å². The highest BCUT2D eigenvalue weighted by molar-refractivity contribution is 6.04. The van der Waals surface area contributed by atoms with Crippen LogP contribution in [0.1, 0.15) is 47.3 Å². The lowest BCUT2D eigenvalue weighted by molar-refractivity contribution is 0.0934. The van der Waals surface area contributed by atoms with Crippen molar-refractivity contribution in [2.24, 2.45) is 12.5 Å². The number of pyridine rings is 1. The van der Waals surface area contributed by atoms with Crippen LogP contribution in [-0.2, 0) is 13.6 Å². The molecule has 9 heteroatoms. The molecule has 4 rings (SSSR count). The van der Waals surface area contributed by atoms with E-state index < -0.39 is 0 Å². The van der Waals surface area contributed by atoms with Gasteiger partial charge in [-0.05, 0) is 29.7 Å². The maximum atomic E-state index is 12.7. The summed E-state index contributed by atoms with van der Waals surface area (Å²) in [5, 5.41) is 5.82. The molecule has 170 valence electrons. The average molecular weight is 446 g/mol. The van der Waals surface area contributed by atoms with Gasteiger partial charge in [0.25, 0.3) is 11.8 Å². The van der Waals surface area contributed by atoms with Gasteiger partial charge in [0.15, 0.2) is 5.65 Å². The van der Waals surface area contributed by atoms with Gasteiger partial charge in [0.1, 0.15) is 16.9 Å². The molecule has 0 radical (unpaired) electrons. The van der Waals surface area contributed by atoms with Crippen LogP contribution in [0.25, 0.3) is 22.6 Å². The largest absolute Gasteiger partial charge is 0.351 e. The van der Waals surface area contributed by atoms with E-state index in [1.807, 2.05) is 24.3 Å². The highest BCUT2D eigenvalue weighted by Crippen LogP contribution is 2.23. The Bertz CT molecular complexity index is 1300. The molecule has 0 aromatic carbocycles. The molecule has 0 unspecified atom stereocenters. The lowest BCUT2D eigenvalue weighted by Crippen LogP contribution is -2.32. The first-order valence-electron chi connectivity index (χ1n) is 10.7. The normalized spacial score (nSPS) is 11.5. The minimum Gasteiger partial charge on any atom is -0.351 e. The molecule has 3 N–H and O–H groups in total. The Morgan fingerprint density at radius 1 is 1.06 bits per heavy atom. The van der Waals surface area contributed by atoms with Gasteiger partial charge in [-0.1, -0.05) is 26.8 Å². The molecule has 0 saturated heterocycles. The Morgan fingerprint density at radius 3 is 2.61 bits per heavy atom. The summed E-state index contributed by atoms with van der Waals surface area (Å²) in [6.07, 6.45) is 4.93. The molecule has 9 nitrogen and oxygen atoms in total. The van der Waals surface area contributed by atoms with Crippen molar-refractivity contribution in [2.45, 2.75) is 27.3 Å². The third-order valence-electron chi connectivity index (χ3n) is 5.18. The van der Waals surface area contributed by atoms with E-state index in [9.17, 15) is 9.59 Å². The van der Waals surface area contributed by atoms with Gasteiger partial charge >= 0.3 is 0 Å². The van der Waals surface area contributed by atoms with Crippen molar-refractivity contribution in [1.29, 1.82) is 0 Å². The van der Waals surface area contributed by atoms with Crippen molar-refractivity contribution in [1.82, 2.24) is 35.1 Å². The Labute approximate surface area is 191 Å². The van der Waals surface area contributed by atoms with Crippen molar-refractivity contribution in [3.8, 4) is 11.4 Å². The number of aromatic amines is 1. The van der Waals surface area contributed by atoms with Gasteiger partial charge in [0.2, 0.25) is 0 Å². The Balaban J connectivity index is 1.56. The number of hydrogen-bond donors (Lipinski definition) is 3. The minimum absolute atomic E-state index is 0.0325. The number of amides is 2. The van der Waals surface area contributed by atoms with E-state index in [-0.39, 0.29) is 17.2 Å². The maximum absolute atomic E-state index is 12.7. The number of fused-ring (bicyclic) bond motifs is 1. The van der Waals surface area contributed by atoms with Gasteiger partial charge in [-0.15, -0.1) is 0 Å². The number of H-pyrrole nitrogens is 1. The first-order valence-corrected chi connectivity index (χ1v) is 10.7. The van der Waals surface area contributed by atoms with Crippen molar-refractivity contribution >= 4 is 23.0 Å². The monoisotopic (exact) mass is 445 g/mol. The van der Waals surface area contributed by atoms with E-state index in [1.165, 1.54) is 0 Å². The number of aromatic nitrogens is 5. The lowest BCUT2D eigenvalue weighted by atomic mass is 9.97. The molecule has 4 heterocycles. The predicted molar refractivity (Wildman–Crippen MR) is 125 cm³/mol. The fraction of sp³-hybridized carbons (Fsp3) is 0.292. The van der Waals surface area contributed by atoms with E-state index in [1.54, 1.807) is 36.3 Å². The standard InChI is InChI=1S/C24H27N7O2/c1-24(2,3)14-29-22(32)16-12-26-21-20(16)30-17(13-27-21)18-8-9-19(31(18)4)23(33)28-11-15-7-5-6-10-25-15/h5-10,12-13H,11,14H2,1-4H3,(H,26,27)(H,28,33)(H,29,32). The zero-order valence-electron chi connectivity index (χ0n) is 19.1. The highest BCUT2D eigenvalue weighted by Gasteiger charge is 2.19. The van der Waals surface area contributed by atoms with Gasteiger partial charge in [-0.2, -0.15) is 0 Å². The Kier molecular flexibility index (Phi) is 5.95. The molecule has 2 amide bonds. The summed E-state index contributed by atoms with van der Waals surface area (Å²) >= 11 is 0. The second-order valence-electron chi connectivity index (χ2n) is 9.06. The molecule has 0 saturated carbocycles. The number of rotatable bonds is 6. The number of hydrogen-bond acceptors (Lipinski definition) is 5. The van der Waals surface area contributed by atoms with Crippen LogP contribution in [0.4, 0.5) is 0 Å². The molecule has 0 spiro atoms. The van der Waals surface area contributed by atoms with Gasteiger partial charge < -0.3 is 20.2 Å². The zero-order valence-corrected chi connectivity index (χ0v) is 19.1. The molecule has 4 aromatic rings. The van der Waals surface area contributed by atoms with Crippen LogP contribution in [-0.4, -0.2) is 42.9 Å². The van der Waals surface area contributed by atoms with Crippen LogP contribution >= 0.6 is 0 Å². The number of carbonyl (C=O) groups excluding carboxylic acids is 2. The second kappa shape index (κ2) is 8.85. The van der Waals surface area contributed by atoms with Gasteiger partial charge in [0.05, 0.1) is 29.7 Å². The molecule has 0 aliphatic rings. The smallest absolute Gasteiger partial charge is 0.268 e. The first-order chi connectivity index (χ1) is 15.7. The average Bonchev–Trinajstić information content (AvgIpc) is 3.39. The number of nitrogens with zero attached hydrogens (tertiary/aromatic N) is 4. The van der Waals surface area contributed by atoms with E-state index in [4.69, 9.17) is 0 Å². The van der Waals surface area contributed by atoms with Crippen molar-refractivity contribution in [2.75, 3.05) is 6.54 Å². The quantitative estimate of drug-likeness (QED) is 0.422. The maximum Gasteiger partial charge on any atom is 0.268 e. The van der Waals surface area contributed by atoms with Gasteiger partial charge in [0, 0.05) is 26.0 Å². The van der Waals surface area contributed by atoms with E-state index in [2.05, 4.69) is 51.3 Å². The third-order valence-corrected chi connectivity index (χ3v) is 5.18. The fourth-order valence-corrected chi connectivity index (χ4v) is 3.39. The highest BCUT2D eigenvalue weighted by atomic mass is 16.2. The molecule has 0 aliphatic carbocycles. The molecule has 0 bridgehead atoms. The molecule has 0 fully saturated rings. The summed E-state index contributed by atoms with van der Waals surface area (Å²) in [4.78, 5) is 41.7. The van der Waals surface area contributed by atoms with Crippen LogP contribution in [0.15, 0.2) is 48.9 Å². The van der Waals surface area contributed by atoms with Crippen LogP contribution in [0.3, 0.4) is 0 Å².